The van der Waals surface area contributed by atoms with E-state index in [1.165, 1.54) is 32.7 Å². The maximum atomic E-state index is 12.2. The standard InChI is InChI=1S/C17H19N3OS3/c1-22-16-14-12(9-23-16)5-4-11-8-18-17(19-15(11)14)24-10-13(21)20-6-2-3-7-20/h8-9H,2-7,10H2,1H3. The van der Waals surface area contributed by atoms with E-state index in [1.807, 2.05) is 11.1 Å². The van der Waals surface area contributed by atoms with Gasteiger partial charge in [0.05, 0.1) is 15.7 Å². The zero-order valence-corrected chi connectivity index (χ0v) is 16.0. The van der Waals surface area contributed by atoms with Crippen molar-refractivity contribution in [3.8, 4) is 11.3 Å². The minimum absolute atomic E-state index is 0.208. The van der Waals surface area contributed by atoms with Crippen LogP contribution in [-0.4, -0.2) is 45.9 Å². The number of hydrogen-bond donors (Lipinski definition) is 0. The highest BCUT2D eigenvalue weighted by atomic mass is 32.2. The average Bonchev–Trinajstić information content (AvgIpc) is 3.28. The Balaban J connectivity index is 1.55. The Morgan fingerprint density at radius 1 is 1.29 bits per heavy atom. The highest BCUT2D eigenvalue weighted by Gasteiger charge is 2.24. The summed E-state index contributed by atoms with van der Waals surface area (Å²) in [4.78, 5) is 23.5. The minimum Gasteiger partial charge on any atom is -0.342 e. The lowest BCUT2D eigenvalue weighted by Crippen LogP contribution is -2.29. The molecule has 1 aliphatic carbocycles. The first-order valence-corrected chi connectivity index (χ1v) is 11.3. The fraction of sp³-hybridized carbons (Fsp3) is 0.471. The van der Waals surface area contributed by atoms with Gasteiger partial charge in [-0.05, 0) is 48.4 Å². The zero-order chi connectivity index (χ0) is 16.5. The van der Waals surface area contributed by atoms with E-state index in [0.29, 0.717) is 10.9 Å². The second-order valence-electron chi connectivity index (χ2n) is 6.03. The van der Waals surface area contributed by atoms with Gasteiger partial charge in [-0.25, -0.2) is 9.97 Å². The lowest BCUT2D eigenvalue weighted by molar-refractivity contribution is -0.127. The summed E-state index contributed by atoms with van der Waals surface area (Å²) >= 11 is 5.05. The molecule has 0 atom stereocenters. The van der Waals surface area contributed by atoms with Crippen LogP contribution in [0.5, 0.6) is 0 Å². The molecule has 2 aliphatic rings. The quantitative estimate of drug-likeness (QED) is 0.600. The van der Waals surface area contributed by atoms with E-state index < -0.39 is 0 Å². The largest absolute Gasteiger partial charge is 0.342 e. The van der Waals surface area contributed by atoms with Crippen molar-refractivity contribution in [2.45, 2.75) is 35.0 Å². The molecule has 7 heteroatoms. The van der Waals surface area contributed by atoms with E-state index in [9.17, 15) is 4.79 Å². The van der Waals surface area contributed by atoms with Crippen LogP contribution in [0.2, 0.25) is 0 Å². The number of nitrogens with zero attached hydrogens (tertiary/aromatic N) is 3. The molecule has 0 N–H and O–H groups in total. The fourth-order valence-corrected chi connectivity index (χ4v) is 5.78. The lowest BCUT2D eigenvalue weighted by Gasteiger charge is -2.17. The smallest absolute Gasteiger partial charge is 0.233 e. The summed E-state index contributed by atoms with van der Waals surface area (Å²) < 4.78 is 1.33. The molecule has 0 bridgehead atoms. The van der Waals surface area contributed by atoms with Gasteiger partial charge in [0.25, 0.3) is 0 Å². The highest BCUT2D eigenvalue weighted by Crippen LogP contribution is 2.42. The van der Waals surface area contributed by atoms with Gasteiger partial charge in [0, 0.05) is 24.8 Å². The molecule has 2 aromatic rings. The fourth-order valence-electron chi connectivity index (χ4n) is 3.27. The Morgan fingerprint density at radius 3 is 2.88 bits per heavy atom. The first-order chi connectivity index (χ1) is 11.8. The van der Waals surface area contributed by atoms with Crippen LogP contribution < -0.4 is 0 Å². The van der Waals surface area contributed by atoms with Gasteiger partial charge in [0.15, 0.2) is 5.16 Å². The molecule has 3 heterocycles. The highest BCUT2D eigenvalue weighted by molar-refractivity contribution is 8.00. The van der Waals surface area contributed by atoms with Gasteiger partial charge in [-0.2, -0.15) is 0 Å². The average molecular weight is 378 g/mol. The Bertz CT molecular complexity index is 755. The maximum Gasteiger partial charge on any atom is 0.233 e. The van der Waals surface area contributed by atoms with Crippen molar-refractivity contribution in [1.29, 1.82) is 0 Å². The van der Waals surface area contributed by atoms with Crippen molar-refractivity contribution < 1.29 is 4.79 Å². The summed E-state index contributed by atoms with van der Waals surface area (Å²) in [5.74, 6) is 0.643. The number of amides is 1. The van der Waals surface area contributed by atoms with E-state index in [0.717, 1.165) is 44.5 Å². The number of carbonyl (C=O) groups is 1. The van der Waals surface area contributed by atoms with Crippen LogP contribution in [0.15, 0.2) is 20.9 Å². The molecule has 0 spiro atoms. The van der Waals surface area contributed by atoms with Crippen molar-refractivity contribution in [1.82, 2.24) is 14.9 Å². The summed E-state index contributed by atoms with van der Waals surface area (Å²) in [6, 6.07) is 0. The topological polar surface area (TPSA) is 46.1 Å². The van der Waals surface area contributed by atoms with Crippen LogP contribution in [0.1, 0.15) is 24.0 Å². The SMILES string of the molecule is CSc1scc2c1-c1nc(SCC(=O)N3CCCC3)ncc1CC2. The number of thioether (sulfide) groups is 2. The lowest BCUT2D eigenvalue weighted by atomic mass is 9.93. The van der Waals surface area contributed by atoms with Crippen molar-refractivity contribution in [2.24, 2.45) is 0 Å². The number of hydrogen-bond acceptors (Lipinski definition) is 6. The molecule has 24 heavy (non-hydrogen) atoms. The van der Waals surface area contributed by atoms with E-state index in [4.69, 9.17) is 4.98 Å². The summed E-state index contributed by atoms with van der Waals surface area (Å²) in [6.07, 6.45) is 8.41. The number of likely N-dealkylation sites (tertiary alicyclic amines) is 1. The van der Waals surface area contributed by atoms with Crippen molar-refractivity contribution in [3.05, 3.63) is 22.7 Å². The molecule has 4 nitrogen and oxygen atoms in total. The van der Waals surface area contributed by atoms with Gasteiger partial charge >= 0.3 is 0 Å². The predicted molar refractivity (Wildman–Crippen MR) is 101 cm³/mol. The molecule has 1 aliphatic heterocycles. The Kier molecular flexibility index (Phi) is 4.83. The Morgan fingerprint density at radius 2 is 2.08 bits per heavy atom. The summed E-state index contributed by atoms with van der Waals surface area (Å²) in [6.45, 7) is 1.81. The second kappa shape index (κ2) is 7.06. The summed E-state index contributed by atoms with van der Waals surface area (Å²) in [5, 5.41) is 2.98. The van der Waals surface area contributed by atoms with E-state index in [-0.39, 0.29) is 5.91 Å². The van der Waals surface area contributed by atoms with Crippen molar-refractivity contribution in [3.63, 3.8) is 0 Å². The number of rotatable bonds is 4. The van der Waals surface area contributed by atoms with Crippen LogP contribution in [0, 0.1) is 0 Å². The molecular formula is C17H19N3OS3. The predicted octanol–water partition coefficient (Wildman–Crippen LogP) is 3.74. The monoisotopic (exact) mass is 377 g/mol. The third-order valence-electron chi connectivity index (χ3n) is 4.55. The van der Waals surface area contributed by atoms with E-state index in [1.54, 1.807) is 23.1 Å². The van der Waals surface area contributed by atoms with Gasteiger partial charge in [-0.15, -0.1) is 23.1 Å². The molecule has 2 aromatic heterocycles. The van der Waals surface area contributed by atoms with Crippen LogP contribution in [0.25, 0.3) is 11.3 Å². The normalized spacial score (nSPS) is 16.1. The van der Waals surface area contributed by atoms with Crippen molar-refractivity contribution in [2.75, 3.05) is 25.1 Å². The van der Waals surface area contributed by atoms with E-state index in [2.05, 4.69) is 16.6 Å². The van der Waals surface area contributed by atoms with Crippen molar-refractivity contribution >= 4 is 40.8 Å². The summed E-state index contributed by atoms with van der Waals surface area (Å²) in [5.41, 5.74) is 5.00. The number of aromatic nitrogens is 2. The van der Waals surface area contributed by atoms with Gasteiger partial charge in [-0.3, -0.25) is 4.79 Å². The summed E-state index contributed by atoms with van der Waals surface area (Å²) in [7, 11) is 0. The molecule has 1 saturated heterocycles. The molecule has 0 aromatic carbocycles. The van der Waals surface area contributed by atoms with Gasteiger partial charge in [0.2, 0.25) is 5.91 Å². The molecule has 4 rings (SSSR count). The Hall–Kier alpha value is -1.05. The van der Waals surface area contributed by atoms with Gasteiger partial charge in [-0.1, -0.05) is 11.8 Å². The molecule has 0 radical (unpaired) electrons. The Labute approximate surface area is 154 Å². The molecular weight excluding hydrogens is 358 g/mol. The zero-order valence-electron chi connectivity index (χ0n) is 13.6. The number of thiophene rings is 1. The first kappa shape index (κ1) is 16.4. The third kappa shape index (κ3) is 3.09. The van der Waals surface area contributed by atoms with Gasteiger partial charge in [0.1, 0.15) is 0 Å². The molecule has 126 valence electrons. The number of carbonyl (C=O) groups excluding carboxylic acids is 1. The maximum absolute atomic E-state index is 12.2. The van der Waals surface area contributed by atoms with Crippen LogP contribution in [0.4, 0.5) is 0 Å². The van der Waals surface area contributed by atoms with Gasteiger partial charge < -0.3 is 4.90 Å². The van der Waals surface area contributed by atoms with E-state index >= 15 is 0 Å². The first-order valence-electron chi connectivity index (χ1n) is 8.17. The molecule has 1 amide bonds. The van der Waals surface area contributed by atoms with Crippen LogP contribution >= 0.6 is 34.9 Å². The number of aryl methyl sites for hydroxylation is 2. The third-order valence-corrected chi connectivity index (χ3v) is 7.58. The molecule has 1 fully saturated rings. The number of fused-ring (bicyclic) bond motifs is 3. The molecule has 0 saturated carbocycles. The molecule has 0 unspecified atom stereocenters. The second-order valence-corrected chi connectivity index (χ2v) is 8.93. The van der Waals surface area contributed by atoms with Crippen LogP contribution in [-0.2, 0) is 17.6 Å². The van der Waals surface area contributed by atoms with Crippen LogP contribution in [0.3, 0.4) is 0 Å². The minimum atomic E-state index is 0.208.